The summed E-state index contributed by atoms with van der Waals surface area (Å²) in [5.74, 6) is 1.28. The molecule has 19 heavy (non-hydrogen) atoms. The molecule has 0 saturated heterocycles. The maximum absolute atomic E-state index is 6.02. The van der Waals surface area contributed by atoms with E-state index in [9.17, 15) is 0 Å². The lowest BCUT2D eigenvalue weighted by molar-refractivity contribution is 0.640. The molecular weight excluding hydrogens is 282 g/mol. The molecule has 0 aromatic carbocycles. The van der Waals surface area contributed by atoms with Gasteiger partial charge in [0.1, 0.15) is 11.3 Å². The minimum atomic E-state index is 0.399. The van der Waals surface area contributed by atoms with E-state index < -0.39 is 0 Å². The molecule has 5 nitrogen and oxygen atoms in total. The van der Waals surface area contributed by atoms with Gasteiger partial charge < -0.3 is 4.57 Å². The first-order valence-electron chi connectivity index (χ1n) is 6.10. The Kier molecular flexibility index (Phi) is 3.28. The van der Waals surface area contributed by atoms with Crippen molar-refractivity contribution in [1.82, 2.24) is 24.3 Å². The molecule has 100 valence electrons. The van der Waals surface area contributed by atoms with Gasteiger partial charge in [0, 0.05) is 17.6 Å². The number of imidazole rings is 1. The summed E-state index contributed by atoms with van der Waals surface area (Å²) in [7, 11) is 0. The predicted molar refractivity (Wildman–Crippen MR) is 76.7 cm³/mol. The van der Waals surface area contributed by atoms with E-state index in [4.69, 9.17) is 11.6 Å². The molecule has 3 heterocycles. The quantitative estimate of drug-likeness (QED) is 0.695. The molecule has 0 saturated carbocycles. The minimum absolute atomic E-state index is 0.399. The van der Waals surface area contributed by atoms with Crippen molar-refractivity contribution in [2.45, 2.75) is 32.8 Å². The van der Waals surface area contributed by atoms with Crippen LogP contribution in [0.2, 0.25) is 0 Å². The molecule has 0 unspecified atom stereocenters. The molecule has 3 aromatic rings. The first kappa shape index (κ1) is 12.6. The average Bonchev–Trinajstić information content (AvgIpc) is 3.09. The first-order chi connectivity index (χ1) is 9.24. The number of aryl methyl sites for hydroxylation is 2. The highest BCUT2D eigenvalue weighted by molar-refractivity contribution is 7.09. The van der Waals surface area contributed by atoms with E-state index >= 15 is 0 Å². The second kappa shape index (κ2) is 4.94. The molecule has 0 bridgehead atoms. The molecular formula is C12H14ClN5S. The van der Waals surface area contributed by atoms with Crippen molar-refractivity contribution in [2.75, 3.05) is 0 Å². The predicted octanol–water partition coefficient (Wildman–Crippen LogP) is 2.80. The van der Waals surface area contributed by atoms with Crippen LogP contribution in [0.25, 0.3) is 11.2 Å². The third kappa shape index (κ3) is 2.04. The highest BCUT2D eigenvalue weighted by Crippen LogP contribution is 2.23. The van der Waals surface area contributed by atoms with Crippen LogP contribution in [0.1, 0.15) is 23.3 Å². The minimum Gasteiger partial charge on any atom is -0.306 e. The zero-order chi connectivity index (χ0) is 13.4. The van der Waals surface area contributed by atoms with Crippen LogP contribution in [-0.4, -0.2) is 24.3 Å². The second-order valence-electron chi connectivity index (χ2n) is 4.29. The molecule has 3 rings (SSSR count). The molecule has 7 heteroatoms. The number of alkyl halides is 1. The molecule has 0 aliphatic rings. The highest BCUT2D eigenvalue weighted by atomic mass is 35.5. The Hall–Kier alpha value is -1.40. The lowest BCUT2D eigenvalue weighted by Crippen LogP contribution is -2.08. The summed E-state index contributed by atoms with van der Waals surface area (Å²) in [6, 6.07) is 0. The van der Waals surface area contributed by atoms with Crippen LogP contribution in [0, 0.1) is 6.92 Å². The van der Waals surface area contributed by atoms with E-state index in [0.717, 1.165) is 35.8 Å². The van der Waals surface area contributed by atoms with Crippen molar-refractivity contribution >= 4 is 34.1 Å². The molecule has 0 amide bonds. The van der Waals surface area contributed by atoms with Crippen molar-refractivity contribution in [3.05, 3.63) is 28.1 Å². The van der Waals surface area contributed by atoms with Crippen LogP contribution >= 0.6 is 22.9 Å². The Labute approximate surface area is 119 Å². The van der Waals surface area contributed by atoms with Crippen molar-refractivity contribution < 1.29 is 0 Å². The van der Waals surface area contributed by atoms with Crippen LogP contribution in [0.4, 0.5) is 0 Å². The molecule has 0 radical (unpaired) electrons. The fraction of sp³-hybridized carbons (Fsp3) is 0.417. The van der Waals surface area contributed by atoms with E-state index in [1.165, 1.54) is 4.88 Å². The number of hydrogen-bond acceptors (Lipinski definition) is 4. The molecule has 0 aliphatic carbocycles. The largest absolute Gasteiger partial charge is 0.306 e. The van der Waals surface area contributed by atoms with Gasteiger partial charge in [-0.25, -0.2) is 9.67 Å². The van der Waals surface area contributed by atoms with Gasteiger partial charge in [-0.15, -0.1) is 22.9 Å². The van der Waals surface area contributed by atoms with Gasteiger partial charge in [0.05, 0.1) is 23.6 Å². The lowest BCUT2D eigenvalue weighted by atomic mass is 10.4. The third-order valence-corrected chi connectivity index (χ3v) is 4.10. The van der Waals surface area contributed by atoms with Crippen LogP contribution < -0.4 is 0 Å². The molecule has 0 spiro atoms. The molecule has 0 fully saturated rings. The fourth-order valence-electron chi connectivity index (χ4n) is 2.23. The highest BCUT2D eigenvalue weighted by Gasteiger charge is 2.18. The van der Waals surface area contributed by atoms with Crippen LogP contribution in [0.3, 0.4) is 0 Å². The monoisotopic (exact) mass is 295 g/mol. The smallest absolute Gasteiger partial charge is 0.159 e. The summed E-state index contributed by atoms with van der Waals surface area (Å²) in [5.41, 5.74) is 4.78. The van der Waals surface area contributed by atoms with Gasteiger partial charge in [-0.1, -0.05) is 0 Å². The van der Waals surface area contributed by atoms with E-state index in [-0.39, 0.29) is 0 Å². The topological polar surface area (TPSA) is 48.5 Å². The van der Waals surface area contributed by atoms with Crippen LogP contribution in [0.5, 0.6) is 0 Å². The summed E-state index contributed by atoms with van der Waals surface area (Å²) >= 11 is 7.66. The standard InChI is InChI=1S/C12H14ClN5S/c1-3-18-12-11(8(2)16-18)15-10(4-13)17(12)6-9-5-14-7-19-9/h5,7H,3-4,6H2,1-2H3. The van der Waals surface area contributed by atoms with E-state index in [0.29, 0.717) is 5.88 Å². The number of hydrogen-bond donors (Lipinski definition) is 0. The van der Waals surface area contributed by atoms with E-state index in [1.807, 2.05) is 23.3 Å². The average molecular weight is 296 g/mol. The Morgan fingerprint density at radius 2 is 2.26 bits per heavy atom. The number of aromatic nitrogens is 5. The Balaban J connectivity index is 2.19. The SMILES string of the molecule is CCn1nc(C)c2nc(CCl)n(Cc3cncs3)c21. The van der Waals surface area contributed by atoms with Gasteiger partial charge in [-0.2, -0.15) is 5.10 Å². The summed E-state index contributed by atoms with van der Waals surface area (Å²) in [6.07, 6.45) is 1.88. The van der Waals surface area contributed by atoms with Crippen LogP contribution in [-0.2, 0) is 19.0 Å². The summed E-state index contributed by atoms with van der Waals surface area (Å²) < 4.78 is 4.12. The summed E-state index contributed by atoms with van der Waals surface area (Å²) in [6.45, 7) is 5.63. The van der Waals surface area contributed by atoms with Crippen molar-refractivity contribution in [3.8, 4) is 0 Å². The lowest BCUT2D eigenvalue weighted by Gasteiger charge is -2.07. The van der Waals surface area contributed by atoms with Crippen molar-refractivity contribution in [1.29, 1.82) is 0 Å². The number of rotatable bonds is 4. The molecule has 0 aliphatic heterocycles. The van der Waals surface area contributed by atoms with Crippen molar-refractivity contribution in [3.63, 3.8) is 0 Å². The second-order valence-corrected chi connectivity index (χ2v) is 5.53. The van der Waals surface area contributed by atoms with Gasteiger partial charge >= 0.3 is 0 Å². The molecule has 0 N–H and O–H groups in total. The van der Waals surface area contributed by atoms with Crippen LogP contribution in [0.15, 0.2) is 11.7 Å². The van der Waals surface area contributed by atoms with Gasteiger partial charge in [-0.05, 0) is 13.8 Å². The number of halogens is 1. The van der Waals surface area contributed by atoms with Gasteiger partial charge in [-0.3, -0.25) is 4.98 Å². The Bertz CT molecular complexity index is 697. The zero-order valence-electron chi connectivity index (χ0n) is 10.8. The summed E-state index contributed by atoms with van der Waals surface area (Å²) in [4.78, 5) is 9.91. The number of fused-ring (bicyclic) bond motifs is 1. The van der Waals surface area contributed by atoms with E-state index in [1.54, 1.807) is 11.3 Å². The maximum Gasteiger partial charge on any atom is 0.159 e. The van der Waals surface area contributed by atoms with Crippen molar-refractivity contribution in [2.24, 2.45) is 0 Å². The van der Waals surface area contributed by atoms with Gasteiger partial charge in [0.25, 0.3) is 0 Å². The normalized spacial score (nSPS) is 11.5. The first-order valence-corrected chi connectivity index (χ1v) is 7.51. The van der Waals surface area contributed by atoms with E-state index in [2.05, 4.69) is 26.6 Å². The Morgan fingerprint density at radius 3 is 2.89 bits per heavy atom. The third-order valence-electron chi connectivity index (χ3n) is 3.09. The number of thiazole rings is 1. The summed E-state index contributed by atoms with van der Waals surface area (Å²) in [5, 5.41) is 4.51. The fourth-order valence-corrected chi connectivity index (χ4v) is 3.02. The zero-order valence-corrected chi connectivity index (χ0v) is 12.4. The number of nitrogens with zero attached hydrogens (tertiary/aromatic N) is 5. The molecule has 3 aromatic heterocycles. The van der Waals surface area contributed by atoms with Gasteiger partial charge in [0.2, 0.25) is 0 Å². The Morgan fingerprint density at radius 1 is 1.42 bits per heavy atom. The molecule has 0 atom stereocenters. The maximum atomic E-state index is 6.02. The van der Waals surface area contributed by atoms with Gasteiger partial charge in [0.15, 0.2) is 5.65 Å².